The summed E-state index contributed by atoms with van der Waals surface area (Å²) in [7, 11) is 0. The zero-order valence-electron chi connectivity index (χ0n) is 14.3. The largest absolute Gasteiger partial charge is 0.403 e. The minimum Gasteiger partial charge on any atom is -0.403 e. The lowest BCUT2D eigenvalue weighted by atomic mass is 10.0. The summed E-state index contributed by atoms with van der Waals surface area (Å²) >= 11 is 0. The maximum Gasteiger partial charge on any atom is 0.347 e. The molecule has 0 atom stereocenters. The molecule has 1 heterocycles. The van der Waals surface area contributed by atoms with Crippen LogP contribution in [-0.4, -0.2) is 10.9 Å². The monoisotopic (exact) mass is 336 g/mol. The summed E-state index contributed by atoms with van der Waals surface area (Å²) in [5, 5.41) is 3.37. The van der Waals surface area contributed by atoms with Crippen LogP contribution in [0.25, 0.3) is 22.4 Å². The van der Waals surface area contributed by atoms with Gasteiger partial charge in [-0.25, -0.2) is 9.78 Å². The average Bonchev–Trinajstić information content (AvgIpc) is 2.63. The van der Waals surface area contributed by atoms with E-state index in [4.69, 9.17) is 4.42 Å². The van der Waals surface area contributed by atoms with Crippen molar-refractivity contribution in [1.82, 2.24) is 4.98 Å². The molecule has 5 nitrogen and oxygen atoms in total. The molecule has 0 radical (unpaired) electrons. The van der Waals surface area contributed by atoms with Crippen LogP contribution in [0.15, 0.2) is 57.7 Å². The first-order chi connectivity index (χ1) is 12.1. The molecule has 0 spiro atoms. The SMILES string of the molecule is CCC(CC)C(=O)Nc1cccc(-c2nc3ccccc3c(=O)o2)c1. The third-order valence-corrected chi connectivity index (χ3v) is 4.27. The molecule has 0 aliphatic heterocycles. The maximum absolute atomic E-state index is 12.3. The highest BCUT2D eigenvalue weighted by molar-refractivity contribution is 5.93. The number of hydrogen-bond acceptors (Lipinski definition) is 4. The van der Waals surface area contributed by atoms with Gasteiger partial charge in [0.25, 0.3) is 0 Å². The Morgan fingerprint density at radius 2 is 1.88 bits per heavy atom. The zero-order chi connectivity index (χ0) is 17.8. The molecule has 128 valence electrons. The number of anilines is 1. The molecule has 0 fully saturated rings. The highest BCUT2D eigenvalue weighted by atomic mass is 16.4. The van der Waals surface area contributed by atoms with E-state index >= 15 is 0 Å². The van der Waals surface area contributed by atoms with E-state index in [1.54, 1.807) is 36.4 Å². The fraction of sp³-hybridized carbons (Fsp3) is 0.250. The summed E-state index contributed by atoms with van der Waals surface area (Å²) in [6.45, 7) is 4.00. The fourth-order valence-corrected chi connectivity index (χ4v) is 2.78. The van der Waals surface area contributed by atoms with E-state index < -0.39 is 5.63 Å². The lowest BCUT2D eigenvalue weighted by Crippen LogP contribution is -2.21. The minimum absolute atomic E-state index is 0.00456. The summed E-state index contributed by atoms with van der Waals surface area (Å²) in [4.78, 5) is 28.8. The van der Waals surface area contributed by atoms with E-state index in [0.29, 0.717) is 22.2 Å². The molecular weight excluding hydrogens is 316 g/mol. The number of aromatic nitrogens is 1. The van der Waals surface area contributed by atoms with Crippen molar-refractivity contribution in [2.24, 2.45) is 5.92 Å². The predicted octanol–water partition coefficient (Wildman–Crippen LogP) is 4.23. The molecule has 3 aromatic rings. The van der Waals surface area contributed by atoms with Gasteiger partial charge in [0.2, 0.25) is 11.8 Å². The Morgan fingerprint density at radius 3 is 2.64 bits per heavy atom. The second kappa shape index (κ2) is 7.30. The summed E-state index contributed by atoms with van der Waals surface area (Å²) in [5.41, 5.74) is 1.46. The number of amides is 1. The van der Waals surface area contributed by atoms with Gasteiger partial charge in [-0.05, 0) is 43.2 Å². The van der Waals surface area contributed by atoms with Gasteiger partial charge in [0.05, 0.1) is 10.9 Å². The lowest BCUT2D eigenvalue weighted by molar-refractivity contribution is -0.120. The van der Waals surface area contributed by atoms with Gasteiger partial charge in [0.1, 0.15) is 0 Å². The molecule has 5 heteroatoms. The first-order valence-corrected chi connectivity index (χ1v) is 8.43. The van der Waals surface area contributed by atoms with Crippen LogP contribution in [0.4, 0.5) is 5.69 Å². The molecule has 2 aromatic carbocycles. The highest BCUT2D eigenvalue weighted by Gasteiger charge is 2.15. The molecule has 0 bridgehead atoms. The number of nitrogens with one attached hydrogen (secondary N) is 1. The molecule has 25 heavy (non-hydrogen) atoms. The molecule has 0 aliphatic carbocycles. The summed E-state index contributed by atoms with van der Waals surface area (Å²) < 4.78 is 5.35. The van der Waals surface area contributed by atoms with Crippen LogP contribution in [-0.2, 0) is 4.79 Å². The average molecular weight is 336 g/mol. The van der Waals surface area contributed by atoms with Crippen LogP contribution in [0.2, 0.25) is 0 Å². The highest BCUT2D eigenvalue weighted by Crippen LogP contribution is 2.22. The number of carbonyl (C=O) groups is 1. The third kappa shape index (κ3) is 3.60. The Morgan fingerprint density at radius 1 is 1.12 bits per heavy atom. The molecule has 0 aliphatic rings. The van der Waals surface area contributed by atoms with E-state index in [9.17, 15) is 9.59 Å². The van der Waals surface area contributed by atoms with Crippen LogP contribution < -0.4 is 10.9 Å². The van der Waals surface area contributed by atoms with Gasteiger partial charge in [-0.15, -0.1) is 0 Å². The topological polar surface area (TPSA) is 72.2 Å². The first-order valence-electron chi connectivity index (χ1n) is 8.43. The Labute approximate surface area is 145 Å². The van der Waals surface area contributed by atoms with Gasteiger partial charge >= 0.3 is 5.63 Å². The van der Waals surface area contributed by atoms with E-state index in [-0.39, 0.29) is 17.7 Å². The Bertz CT molecular complexity index is 958. The Hall–Kier alpha value is -2.95. The second-order valence-corrected chi connectivity index (χ2v) is 5.91. The minimum atomic E-state index is -0.424. The molecule has 1 amide bonds. The second-order valence-electron chi connectivity index (χ2n) is 5.91. The van der Waals surface area contributed by atoms with Crippen LogP contribution in [0, 0.1) is 5.92 Å². The number of carbonyl (C=O) groups excluding carboxylic acids is 1. The smallest absolute Gasteiger partial charge is 0.347 e. The molecule has 0 unspecified atom stereocenters. The van der Waals surface area contributed by atoms with Crippen molar-refractivity contribution < 1.29 is 9.21 Å². The Kier molecular flexibility index (Phi) is 4.93. The van der Waals surface area contributed by atoms with Gasteiger partial charge in [-0.1, -0.05) is 32.0 Å². The van der Waals surface area contributed by atoms with Crippen molar-refractivity contribution in [3.8, 4) is 11.5 Å². The Balaban J connectivity index is 1.94. The molecule has 1 aromatic heterocycles. The van der Waals surface area contributed by atoms with E-state index in [0.717, 1.165) is 12.8 Å². The molecule has 0 saturated carbocycles. The third-order valence-electron chi connectivity index (χ3n) is 4.27. The quantitative estimate of drug-likeness (QED) is 0.757. The van der Waals surface area contributed by atoms with Gasteiger partial charge < -0.3 is 9.73 Å². The molecular formula is C20H20N2O3. The predicted molar refractivity (Wildman–Crippen MR) is 98.4 cm³/mol. The van der Waals surface area contributed by atoms with Crippen LogP contribution >= 0.6 is 0 Å². The number of rotatable bonds is 5. The number of benzene rings is 2. The normalized spacial score (nSPS) is 11.0. The van der Waals surface area contributed by atoms with Crippen molar-refractivity contribution in [1.29, 1.82) is 0 Å². The maximum atomic E-state index is 12.3. The van der Waals surface area contributed by atoms with Crippen LogP contribution in [0.5, 0.6) is 0 Å². The van der Waals surface area contributed by atoms with Gasteiger partial charge in [0.15, 0.2) is 0 Å². The van der Waals surface area contributed by atoms with E-state index in [2.05, 4.69) is 10.3 Å². The summed E-state index contributed by atoms with van der Waals surface area (Å²) in [5.74, 6) is 0.220. The summed E-state index contributed by atoms with van der Waals surface area (Å²) in [6, 6.07) is 14.2. The molecule has 1 N–H and O–H groups in total. The van der Waals surface area contributed by atoms with Crippen LogP contribution in [0.1, 0.15) is 26.7 Å². The zero-order valence-corrected chi connectivity index (χ0v) is 14.3. The van der Waals surface area contributed by atoms with Crippen molar-refractivity contribution in [2.45, 2.75) is 26.7 Å². The van der Waals surface area contributed by atoms with E-state index in [1.807, 2.05) is 26.0 Å². The van der Waals surface area contributed by atoms with Crippen molar-refractivity contribution in [2.75, 3.05) is 5.32 Å². The van der Waals surface area contributed by atoms with Gasteiger partial charge in [0, 0.05) is 17.2 Å². The molecule has 0 saturated heterocycles. The molecule has 3 rings (SSSR count). The van der Waals surface area contributed by atoms with Crippen molar-refractivity contribution in [3.63, 3.8) is 0 Å². The first kappa shape index (κ1) is 16.9. The van der Waals surface area contributed by atoms with Gasteiger partial charge in [-0.2, -0.15) is 0 Å². The number of para-hydroxylation sites is 1. The van der Waals surface area contributed by atoms with Crippen molar-refractivity contribution in [3.05, 3.63) is 59.0 Å². The van der Waals surface area contributed by atoms with Crippen molar-refractivity contribution >= 4 is 22.5 Å². The standard InChI is InChI=1S/C20H20N2O3/c1-3-13(4-2)18(23)21-15-9-7-8-14(12-15)19-22-17-11-6-5-10-16(17)20(24)25-19/h5-13H,3-4H2,1-2H3,(H,21,23). The summed E-state index contributed by atoms with van der Waals surface area (Å²) in [6.07, 6.45) is 1.59. The van der Waals surface area contributed by atoms with Crippen LogP contribution in [0.3, 0.4) is 0 Å². The van der Waals surface area contributed by atoms with Gasteiger partial charge in [-0.3, -0.25) is 4.79 Å². The lowest BCUT2D eigenvalue weighted by Gasteiger charge is -2.13. The van der Waals surface area contributed by atoms with E-state index in [1.165, 1.54) is 0 Å². The number of fused-ring (bicyclic) bond motifs is 1. The number of hydrogen-bond donors (Lipinski definition) is 1. The fourth-order valence-electron chi connectivity index (χ4n) is 2.78. The number of nitrogens with zero attached hydrogens (tertiary/aromatic N) is 1.